The molecule has 0 saturated heterocycles. The molecule has 1 N–H and O–H groups in total. The van der Waals surface area contributed by atoms with Crippen molar-refractivity contribution < 1.29 is 4.79 Å². The zero-order valence-electron chi connectivity index (χ0n) is 17.5. The molecule has 1 unspecified atom stereocenters. The number of aromatic nitrogens is 4. The van der Waals surface area contributed by atoms with Crippen molar-refractivity contribution in [2.45, 2.75) is 31.5 Å². The minimum absolute atomic E-state index is 0.127. The third-order valence-electron chi connectivity index (χ3n) is 5.37. The van der Waals surface area contributed by atoms with Crippen LogP contribution in [0, 0.1) is 13.8 Å². The number of anilines is 1. The number of hydrogen-bond acceptors (Lipinski definition) is 5. The molecule has 2 aromatic heterocycles. The Balaban J connectivity index is 1.43. The van der Waals surface area contributed by atoms with Gasteiger partial charge in [0.2, 0.25) is 5.91 Å². The van der Waals surface area contributed by atoms with Crippen LogP contribution in [0.4, 0.5) is 5.69 Å². The molecule has 32 heavy (non-hydrogen) atoms. The molecule has 4 aromatic rings. The Morgan fingerprint density at radius 3 is 2.62 bits per heavy atom. The molecular formula is C23H20ClN5O2S. The van der Waals surface area contributed by atoms with Gasteiger partial charge in [0.15, 0.2) is 10.8 Å². The van der Waals surface area contributed by atoms with Gasteiger partial charge in [0.25, 0.3) is 5.56 Å². The van der Waals surface area contributed by atoms with Crippen LogP contribution in [0.3, 0.4) is 0 Å². The van der Waals surface area contributed by atoms with E-state index in [1.807, 2.05) is 38.1 Å². The summed E-state index contributed by atoms with van der Waals surface area (Å²) < 4.78 is 3.26. The van der Waals surface area contributed by atoms with Crippen LogP contribution in [0.15, 0.2) is 58.6 Å². The standard InChI is InChI=1S/C23H20ClN5O2S/c1-13-7-14(2)9-16(8-13)26-20(30)10-18-12-32-23-27-21-19(22(31)28(18)23)11-25-29(21)17-5-3-15(24)4-6-17/h3-9,11,18H,10,12H2,1-2H3,(H,26,30). The molecule has 1 aliphatic heterocycles. The smallest absolute Gasteiger partial charge is 0.265 e. The van der Waals surface area contributed by atoms with Crippen LogP contribution in [0.5, 0.6) is 0 Å². The molecular weight excluding hydrogens is 446 g/mol. The Kier molecular flexibility index (Phi) is 5.27. The number of benzene rings is 2. The van der Waals surface area contributed by atoms with E-state index in [0.29, 0.717) is 27.0 Å². The number of nitrogens with one attached hydrogen (secondary N) is 1. The van der Waals surface area contributed by atoms with Gasteiger partial charge in [-0.1, -0.05) is 29.4 Å². The molecule has 1 atom stereocenters. The highest BCUT2D eigenvalue weighted by Crippen LogP contribution is 2.33. The van der Waals surface area contributed by atoms with Crippen LogP contribution in [-0.2, 0) is 4.79 Å². The van der Waals surface area contributed by atoms with Crippen molar-refractivity contribution in [3.8, 4) is 5.69 Å². The second-order valence-electron chi connectivity index (χ2n) is 7.93. The quantitative estimate of drug-likeness (QED) is 0.448. The average Bonchev–Trinajstić information content (AvgIpc) is 3.33. The van der Waals surface area contributed by atoms with Crippen molar-refractivity contribution in [1.29, 1.82) is 0 Å². The molecule has 2 aromatic carbocycles. The largest absolute Gasteiger partial charge is 0.326 e. The highest BCUT2D eigenvalue weighted by atomic mass is 35.5. The fraction of sp³-hybridized carbons (Fsp3) is 0.217. The molecule has 0 fully saturated rings. The van der Waals surface area contributed by atoms with E-state index >= 15 is 0 Å². The summed E-state index contributed by atoms with van der Waals surface area (Å²) >= 11 is 7.46. The number of thioether (sulfide) groups is 1. The second kappa shape index (κ2) is 8.11. The van der Waals surface area contributed by atoms with Crippen molar-refractivity contribution in [2.24, 2.45) is 0 Å². The molecule has 9 heteroatoms. The number of carbonyl (C=O) groups is 1. The number of aryl methyl sites for hydroxylation is 2. The van der Waals surface area contributed by atoms with Crippen molar-refractivity contribution in [3.05, 3.63) is 75.2 Å². The highest BCUT2D eigenvalue weighted by molar-refractivity contribution is 7.99. The lowest BCUT2D eigenvalue weighted by Gasteiger charge is -2.14. The first-order valence-electron chi connectivity index (χ1n) is 10.2. The third-order valence-corrected chi connectivity index (χ3v) is 6.72. The van der Waals surface area contributed by atoms with Crippen molar-refractivity contribution in [1.82, 2.24) is 19.3 Å². The average molecular weight is 466 g/mol. The van der Waals surface area contributed by atoms with E-state index in [4.69, 9.17) is 16.6 Å². The van der Waals surface area contributed by atoms with Gasteiger partial charge in [-0.25, -0.2) is 9.67 Å². The third kappa shape index (κ3) is 3.80. The Morgan fingerprint density at radius 2 is 1.91 bits per heavy atom. The van der Waals surface area contributed by atoms with Crippen molar-refractivity contribution >= 4 is 46.0 Å². The van der Waals surface area contributed by atoms with Crippen molar-refractivity contribution in [2.75, 3.05) is 11.1 Å². The van der Waals surface area contributed by atoms with Gasteiger partial charge in [0.1, 0.15) is 5.39 Å². The van der Waals surface area contributed by atoms with E-state index < -0.39 is 0 Å². The molecule has 0 spiro atoms. The molecule has 1 amide bonds. The summed E-state index contributed by atoms with van der Waals surface area (Å²) in [6, 6.07) is 12.9. The summed E-state index contributed by atoms with van der Waals surface area (Å²) in [5.74, 6) is 0.487. The topological polar surface area (TPSA) is 81.8 Å². The molecule has 0 radical (unpaired) electrons. The predicted molar refractivity (Wildman–Crippen MR) is 127 cm³/mol. The van der Waals surface area contributed by atoms with E-state index in [-0.39, 0.29) is 23.9 Å². The molecule has 0 bridgehead atoms. The molecule has 3 heterocycles. The number of rotatable bonds is 4. The summed E-state index contributed by atoms with van der Waals surface area (Å²) in [4.78, 5) is 30.7. The van der Waals surface area contributed by atoms with Crippen molar-refractivity contribution in [3.63, 3.8) is 0 Å². The van der Waals surface area contributed by atoms with Crippen LogP contribution in [0.1, 0.15) is 23.6 Å². The zero-order valence-corrected chi connectivity index (χ0v) is 19.1. The Bertz CT molecular complexity index is 1390. The summed E-state index contributed by atoms with van der Waals surface area (Å²) in [7, 11) is 0. The van der Waals surface area contributed by atoms with E-state index in [0.717, 1.165) is 22.5 Å². The van der Waals surface area contributed by atoms with E-state index in [1.165, 1.54) is 18.0 Å². The monoisotopic (exact) mass is 465 g/mol. The predicted octanol–water partition coefficient (Wildman–Crippen LogP) is 4.53. The second-order valence-corrected chi connectivity index (χ2v) is 9.36. The first-order valence-corrected chi connectivity index (χ1v) is 11.5. The van der Waals surface area contributed by atoms with Gasteiger partial charge in [0, 0.05) is 22.9 Å². The summed E-state index contributed by atoms with van der Waals surface area (Å²) in [6.45, 7) is 3.99. The molecule has 1 aliphatic rings. The van der Waals surface area contributed by atoms with Gasteiger partial charge in [0.05, 0.1) is 17.9 Å². The van der Waals surface area contributed by atoms with Gasteiger partial charge >= 0.3 is 0 Å². The minimum atomic E-state index is -0.260. The maximum Gasteiger partial charge on any atom is 0.265 e. The molecule has 162 valence electrons. The van der Waals surface area contributed by atoms with Crippen LogP contribution < -0.4 is 10.9 Å². The van der Waals surface area contributed by atoms with E-state index in [2.05, 4.69) is 16.5 Å². The number of fused-ring (bicyclic) bond motifs is 2. The van der Waals surface area contributed by atoms with Crippen LogP contribution in [-0.4, -0.2) is 31.0 Å². The fourth-order valence-corrected chi connectivity index (χ4v) is 5.28. The number of halogens is 1. The van der Waals surface area contributed by atoms with Crippen LogP contribution in [0.25, 0.3) is 16.7 Å². The number of nitrogens with zero attached hydrogens (tertiary/aromatic N) is 4. The molecule has 7 nitrogen and oxygen atoms in total. The highest BCUT2D eigenvalue weighted by Gasteiger charge is 2.29. The van der Waals surface area contributed by atoms with E-state index in [1.54, 1.807) is 21.4 Å². The lowest BCUT2D eigenvalue weighted by molar-refractivity contribution is -0.116. The number of amides is 1. The lowest BCUT2D eigenvalue weighted by Crippen LogP contribution is -2.27. The number of hydrogen-bond donors (Lipinski definition) is 1. The SMILES string of the molecule is Cc1cc(C)cc(NC(=O)CC2CSc3nc4c(cnn4-c4ccc(Cl)cc4)c(=O)n32)c1. The summed E-state index contributed by atoms with van der Waals surface area (Å²) in [5, 5.41) is 8.96. The summed E-state index contributed by atoms with van der Waals surface area (Å²) in [6.07, 6.45) is 1.73. The number of carbonyl (C=O) groups excluding carboxylic acids is 1. The molecule has 0 saturated carbocycles. The van der Waals surface area contributed by atoms with Crippen LogP contribution in [0.2, 0.25) is 5.02 Å². The molecule has 5 rings (SSSR count). The first-order chi connectivity index (χ1) is 15.4. The van der Waals surface area contributed by atoms with Gasteiger partial charge in [-0.05, 0) is 61.4 Å². The maximum atomic E-state index is 13.3. The zero-order chi connectivity index (χ0) is 22.4. The lowest BCUT2D eigenvalue weighted by atomic mass is 10.1. The Morgan fingerprint density at radius 1 is 1.19 bits per heavy atom. The first kappa shape index (κ1) is 20.8. The fourth-order valence-electron chi connectivity index (χ4n) is 4.02. The maximum absolute atomic E-state index is 13.3. The van der Waals surface area contributed by atoms with Crippen LogP contribution >= 0.6 is 23.4 Å². The van der Waals surface area contributed by atoms with Gasteiger partial charge in [-0.2, -0.15) is 5.10 Å². The molecule has 0 aliphatic carbocycles. The Hall–Kier alpha value is -3.10. The Labute approximate surface area is 193 Å². The van der Waals surface area contributed by atoms with Gasteiger partial charge in [-0.15, -0.1) is 0 Å². The van der Waals surface area contributed by atoms with E-state index in [9.17, 15) is 9.59 Å². The van der Waals surface area contributed by atoms with Gasteiger partial charge in [-0.3, -0.25) is 14.2 Å². The normalized spacial score (nSPS) is 15.2. The summed E-state index contributed by atoms with van der Waals surface area (Å²) in [5.41, 5.74) is 4.03. The van der Waals surface area contributed by atoms with Gasteiger partial charge < -0.3 is 5.32 Å². The minimum Gasteiger partial charge on any atom is -0.326 e.